The Kier molecular flexibility index (Phi) is 3.85. The summed E-state index contributed by atoms with van der Waals surface area (Å²) in [7, 11) is 0. The summed E-state index contributed by atoms with van der Waals surface area (Å²) >= 11 is 0. The number of anilines is 1. The van der Waals surface area contributed by atoms with E-state index >= 15 is 0 Å². The third-order valence-electron chi connectivity index (χ3n) is 3.50. The number of rotatable bonds is 2. The second-order valence-corrected chi connectivity index (χ2v) is 6.15. The molecule has 4 nitrogen and oxygen atoms in total. The summed E-state index contributed by atoms with van der Waals surface area (Å²) in [5.74, 6) is 0.753. The highest BCUT2D eigenvalue weighted by Gasteiger charge is 2.22. The summed E-state index contributed by atoms with van der Waals surface area (Å²) in [6, 6.07) is 2.89. The Labute approximate surface area is 110 Å². The lowest BCUT2D eigenvalue weighted by atomic mass is 9.92. The summed E-state index contributed by atoms with van der Waals surface area (Å²) in [4.78, 5) is 8.95. The molecule has 0 amide bonds. The van der Waals surface area contributed by atoms with Gasteiger partial charge in [0.15, 0.2) is 0 Å². The van der Waals surface area contributed by atoms with Crippen LogP contribution in [0.25, 0.3) is 0 Å². The van der Waals surface area contributed by atoms with Crippen molar-refractivity contribution in [2.24, 2.45) is 0 Å². The molecule has 2 unspecified atom stereocenters. The van der Waals surface area contributed by atoms with E-state index in [0.29, 0.717) is 12.1 Å². The van der Waals surface area contributed by atoms with Gasteiger partial charge in [-0.05, 0) is 32.4 Å². The van der Waals surface area contributed by atoms with Crippen molar-refractivity contribution in [3.63, 3.8) is 0 Å². The standard InChI is InChI=1S/C14H24N4/c1-10-11(6-5-8-15-10)17-13-16-9-7-12(18-13)14(2,3)4/h7,9-11,15H,5-6,8H2,1-4H3,(H,16,17,18). The van der Waals surface area contributed by atoms with Crippen LogP contribution in [0, 0.1) is 0 Å². The van der Waals surface area contributed by atoms with Gasteiger partial charge in [0.25, 0.3) is 0 Å². The summed E-state index contributed by atoms with van der Waals surface area (Å²) in [6.07, 6.45) is 4.23. The highest BCUT2D eigenvalue weighted by atomic mass is 15.1. The second-order valence-electron chi connectivity index (χ2n) is 6.15. The minimum absolute atomic E-state index is 0.0653. The number of nitrogens with zero attached hydrogens (tertiary/aromatic N) is 2. The van der Waals surface area contributed by atoms with Crippen molar-refractivity contribution in [3.8, 4) is 0 Å². The molecule has 4 heteroatoms. The predicted molar refractivity (Wildman–Crippen MR) is 74.8 cm³/mol. The minimum Gasteiger partial charge on any atom is -0.350 e. The molecule has 0 bridgehead atoms. The van der Waals surface area contributed by atoms with Gasteiger partial charge in [0, 0.05) is 23.7 Å². The normalized spacial score (nSPS) is 24.9. The molecule has 1 aliphatic heterocycles. The molecule has 0 aromatic carbocycles. The van der Waals surface area contributed by atoms with Gasteiger partial charge in [-0.2, -0.15) is 0 Å². The van der Waals surface area contributed by atoms with Crippen LogP contribution in [0.15, 0.2) is 12.3 Å². The largest absolute Gasteiger partial charge is 0.350 e. The summed E-state index contributed by atoms with van der Waals surface area (Å²) in [5, 5.41) is 6.94. The van der Waals surface area contributed by atoms with E-state index in [-0.39, 0.29) is 5.41 Å². The monoisotopic (exact) mass is 248 g/mol. The Morgan fingerprint density at radius 1 is 1.39 bits per heavy atom. The fraction of sp³-hybridized carbons (Fsp3) is 0.714. The zero-order valence-electron chi connectivity index (χ0n) is 11.8. The van der Waals surface area contributed by atoms with Crippen LogP contribution < -0.4 is 10.6 Å². The maximum atomic E-state index is 4.62. The van der Waals surface area contributed by atoms with Crippen LogP contribution in [-0.2, 0) is 5.41 Å². The molecule has 1 aliphatic rings. The van der Waals surface area contributed by atoms with Crippen molar-refractivity contribution in [1.82, 2.24) is 15.3 Å². The van der Waals surface area contributed by atoms with Crippen LogP contribution in [0.1, 0.15) is 46.2 Å². The molecular formula is C14H24N4. The number of nitrogens with one attached hydrogen (secondary N) is 2. The fourth-order valence-corrected chi connectivity index (χ4v) is 2.25. The van der Waals surface area contributed by atoms with Crippen LogP contribution >= 0.6 is 0 Å². The molecule has 100 valence electrons. The van der Waals surface area contributed by atoms with Gasteiger partial charge in [-0.3, -0.25) is 0 Å². The molecule has 0 spiro atoms. The Morgan fingerprint density at radius 2 is 2.17 bits per heavy atom. The Balaban J connectivity index is 2.09. The van der Waals surface area contributed by atoms with Gasteiger partial charge >= 0.3 is 0 Å². The van der Waals surface area contributed by atoms with Gasteiger partial charge < -0.3 is 10.6 Å². The Hall–Kier alpha value is -1.16. The van der Waals surface area contributed by atoms with E-state index in [1.165, 1.54) is 12.8 Å². The van der Waals surface area contributed by atoms with Gasteiger partial charge in [-0.1, -0.05) is 20.8 Å². The zero-order valence-corrected chi connectivity index (χ0v) is 11.8. The van der Waals surface area contributed by atoms with Crippen molar-refractivity contribution >= 4 is 5.95 Å². The molecular weight excluding hydrogens is 224 g/mol. The van der Waals surface area contributed by atoms with E-state index < -0.39 is 0 Å². The van der Waals surface area contributed by atoms with Crippen LogP contribution in [-0.4, -0.2) is 28.6 Å². The quantitative estimate of drug-likeness (QED) is 0.843. The molecule has 0 radical (unpaired) electrons. The van der Waals surface area contributed by atoms with Crippen LogP contribution in [0.2, 0.25) is 0 Å². The van der Waals surface area contributed by atoms with Crippen LogP contribution in [0.5, 0.6) is 0 Å². The molecule has 1 saturated heterocycles. The van der Waals surface area contributed by atoms with E-state index in [1.807, 2.05) is 12.3 Å². The summed E-state index contributed by atoms with van der Waals surface area (Å²) in [5.41, 5.74) is 1.15. The first-order valence-electron chi connectivity index (χ1n) is 6.80. The molecule has 1 fully saturated rings. The lowest BCUT2D eigenvalue weighted by molar-refractivity contribution is 0.387. The molecule has 2 atom stereocenters. The lowest BCUT2D eigenvalue weighted by Crippen LogP contribution is -2.46. The highest BCUT2D eigenvalue weighted by molar-refractivity contribution is 5.29. The Bertz CT molecular complexity index is 397. The maximum absolute atomic E-state index is 4.62. The highest BCUT2D eigenvalue weighted by Crippen LogP contribution is 2.21. The van der Waals surface area contributed by atoms with Gasteiger partial charge in [0.2, 0.25) is 5.95 Å². The lowest BCUT2D eigenvalue weighted by Gasteiger charge is -2.30. The number of hydrogen-bond donors (Lipinski definition) is 2. The number of hydrogen-bond acceptors (Lipinski definition) is 4. The second kappa shape index (κ2) is 5.22. The molecule has 0 aliphatic carbocycles. The van der Waals surface area contributed by atoms with Crippen LogP contribution in [0.3, 0.4) is 0 Å². The topological polar surface area (TPSA) is 49.8 Å². The zero-order chi connectivity index (χ0) is 13.2. The van der Waals surface area contributed by atoms with E-state index in [2.05, 4.69) is 48.3 Å². The number of piperidine rings is 1. The Morgan fingerprint density at radius 3 is 2.83 bits per heavy atom. The third-order valence-corrected chi connectivity index (χ3v) is 3.50. The van der Waals surface area contributed by atoms with Crippen molar-refractivity contribution in [2.45, 2.75) is 58.0 Å². The summed E-state index contributed by atoms with van der Waals surface area (Å²) < 4.78 is 0. The van der Waals surface area contributed by atoms with Crippen molar-refractivity contribution in [1.29, 1.82) is 0 Å². The average Bonchev–Trinajstić information content (AvgIpc) is 2.31. The van der Waals surface area contributed by atoms with Gasteiger partial charge in [-0.15, -0.1) is 0 Å². The fourth-order valence-electron chi connectivity index (χ4n) is 2.25. The average molecular weight is 248 g/mol. The van der Waals surface area contributed by atoms with Crippen LogP contribution in [0.4, 0.5) is 5.95 Å². The third kappa shape index (κ3) is 3.19. The SMILES string of the molecule is CC1NCCCC1Nc1nccc(C(C)(C)C)n1. The first-order valence-corrected chi connectivity index (χ1v) is 6.80. The molecule has 2 rings (SSSR count). The van der Waals surface area contributed by atoms with E-state index in [1.54, 1.807) is 0 Å². The molecule has 2 N–H and O–H groups in total. The molecule has 1 aromatic heterocycles. The minimum atomic E-state index is 0.0653. The maximum Gasteiger partial charge on any atom is 0.223 e. The first kappa shape index (κ1) is 13.3. The van der Waals surface area contributed by atoms with Gasteiger partial charge in [0.05, 0.1) is 5.69 Å². The molecule has 2 heterocycles. The van der Waals surface area contributed by atoms with Crippen molar-refractivity contribution in [3.05, 3.63) is 18.0 Å². The van der Waals surface area contributed by atoms with E-state index in [4.69, 9.17) is 0 Å². The van der Waals surface area contributed by atoms with E-state index in [9.17, 15) is 0 Å². The smallest absolute Gasteiger partial charge is 0.223 e. The van der Waals surface area contributed by atoms with Gasteiger partial charge in [0.1, 0.15) is 0 Å². The number of aromatic nitrogens is 2. The van der Waals surface area contributed by atoms with E-state index in [0.717, 1.165) is 18.2 Å². The van der Waals surface area contributed by atoms with Crippen molar-refractivity contribution < 1.29 is 0 Å². The van der Waals surface area contributed by atoms with Gasteiger partial charge in [-0.25, -0.2) is 9.97 Å². The molecule has 18 heavy (non-hydrogen) atoms. The van der Waals surface area contributed by atoms with Crippen molar-refractivity contribution in [2.75, 3.05) is 11.9 Å². The predicted octanol–water partition coefficient (Wildman–Crippen LogP) is 2.33. The summed E-state index contributed by atoms with van der Waals surface area (Å²) in [6.45, 7) is 9.84. The molecule has 0 saturated carbocycles. The molecule has 1 aromatic rings. The first-order chi connectivity index (χ1) is 8.47.